The van der Waals surface area contributed by atoms with E-state index < -0.39 is 0 Å². The van der Waals surface area contributed by atoms with Gasteiger partial charge >= 0.3 is 0 Å². The number of benzene rings is 2. The van der Waals surface area contributed by atoms with Gasteiger partial charge in [-0.15, -0.1) is 11.3 Å². The summed E-state index contributed by atoms with van der Waals surface area (Å²) in [5, 5.41) is 3.01. The summed E-state index contributed by atoms with van der Waals surface area (Å²) < 4.78 is 16.2. The molecule has 0 N–H and O–H groups in total. The highest BCUT2D eigenvalue weighted by atomic mass is 32.1. The maximum atomic E-state index is 5.40. The molecule has 23 heavy (non-hydrogen) atoms. The fraction of sp³-hybridized carbons (Fsp3) is 0.167. The molecule has 118 valence electrons. The van der Waals surface area contributed by atoms with E-state index in [0.717, 1.165) is 21.8 Å². The van der Waals surface area contributed by atoms with E-state index in [9.17, 15) is 0 Å². The Morgan fingerprint density at radius 2 is 1.48 bits per heavy atom. The molecular weight excluding hydrogens is 310 g/mol. The van der Waals surface area contributed by atoms with E-state index in [1.807, 2.05) is 35.7 Å². The largest absolute Gasteiger partial charge is 0.493 e. The van der Waals surface area contributed by atoms with Crippen LogP contribution in [0.15, 0.2) is 47.8 Å². The Bertz CT molecular complexity index is 774. The van der Waals surface area contributed by atoms with Gasteiger partial charge in [0.15, 0.2) is 11.5 Å². The number of rotatable bonds is 5. The lowest BCUT2D eigenvalue weighted by Gasteiger charge is -2.13. The molecule has 3 aromatic rings. The zero-order valence-corrected chi connectivity index (χ0v) is 14.0. The van der Waals surface area contributed by atoms with Gasteiger partial charge in [-0.25, -0.2) is 4.98 Å². The highest BCUT2D eigenvalue weighted by Gasteiger charge is 2.15. The fourth-order valence-corrected chi connectivity index (χ4v) is 3.18. The lowest BCUT2D eigenvalue weighted by atomic mass is 10.1. The minimum absolute atomic E-state index is 0.581. The van der Waals surface area contributed by atoms with Gasteiger partial charge in [-0.1, -0.05) is 30.3 Å². The van der Waals surface area contributed by atoms with E-state index in [-0.39, 0.29) is 0 Å². The Kier molecular flexibility index (Phi) is 4.48. The summed E-state index contributed by atoms with van der Waals surface area (Å²) in [6.45, 7) is 0. The molecule has 0 fully saturated rings. The number of nitrogens with zero attached hydrogens (tertiary/aromatic N) is 1. The van der Waals surface area contributed by atoms with Gasteiger partial charge in [0.05, 0.1) is 27.0 Å². The monoisotopic (exact) mass is 327 g/mol. The Hall–Kier alpha value is -2.53. The number of hydrogen-bond acceptors (Lipinski definition) is 5. The van der Waals surface area contributed by atoms with Gasteiger partial charge in [0, 0.05) is 16.5 Å². The van der Waals surface area contributed by atoms with Crippen LogP contribution >= 0.6 is 11.3 Å². The van der Waals surface area contributed by atoms with Crippen molar-refractivity contribution in [3.63, 3.8) is 0 Å². The highest BCUT2D eigenvalue weighted by molar-refractivity contribution is 7.13. The van der Waals surface area contributed by atoms with Crippen molar-refractivity contribution in [3.8, 4) is 39.1 Å². The molecule has 0 aliphatic carbocycles. The van der Waals surface area contributed by atoms with Gasteiger partial charge < -0.3 is 14.2 Å². The fourth-order valence-electron chi connectivity index (χ4n) is 2.35. The molecule has 0 aliphatic rings. The van der Waals surface area contributed by atoms with Gasteiger partial charge in [0.1, 0.15) is 5.01 Å². The standard InChI is InChI=1S/C18H17NO3S/c1-20-15-9-13(10-16(21-2)17(15)22-3)14-11-23-18(19-14)12-7-5-4-6-8-12/h4-11H,1-3H3. The van der Waals surface area contributed by atoms with Crippen LogP contribution in [0.3, 0.4) is 0 Å². The lowest BCUT2D eigenvalue weighted by Crippen LogP contribution is -1.95. The molecule has 0 radical (unpaired) electrons. The van der Waals surface area contributed by atoms with E-state index in [0.29, 0.717) is 17.2 Å². The van der Waals surface area contributed by atoms with Crippen LogP contribution in [-0.2, 0) is 0 Å². The SMILES string of the molecule is COc1cc(-c2csc(-c3ccccc3)n2)cc(OC)c1OC. The van der Waals surface area contributed by atoms with Crippen LogP contribution in [0.5, 0.6) is 17.2 Å². The second kappa shape index (κ2) is 6.71. The van der Waals surface area contributed by atoms with Crippen molar-refractivity contribution < 1.29 is 14.2 Å². The predicted octanol–water partition coefficient (Wildman–Crippen LogP) is 4.50. The average molecular weight is 327 g/mol. The molecule has 4 nitrogen and oxygen atoms in total. The third kappa shape index (κ3) is 3.00. The van der Waals surface area contributed by atoms with Crippen molar-refractivity contribution in [1.82, 2.24) is 4.98 Å². The minimum atomic E-state index is 0.581. The Morgan fingerprint density at radius 3 is 2.04 bits per heavy atom. The zero-order valence-electron chi connectivity index (χ0n) is 13.2. The molecule has 2 aromatic carbocycles. The second-order valence-corrected chi connectivity index (χ2v) is 5.68. The predicted molar refractivity (Wildman–Crippen MR) is 92.6 cm³/mol. The first-order chi connectivity index (χ1) is 11.3. The van der Waals surface area contributed by atoms with Gasteiger partial charge in [0.25, 0.3) is 0 Å². The van der Waals surface area contributed by atoms with Crippen molar-refractivity contribution >= 4 is 11.3 Å². The van der Waals surface area contributed by atoms with Gasteiger partial charge in [-0.3, -0.25) is 0 Å². The third-order valence-electron chi connectivity index (χ3n) is 3.49. The molecule has 0 spiro atoms. The molecule has 0 saturated carbocycles. The first-order valence-corrected chi connectivity index (χ1v) is 7.96. The summed E-state index contributed by atoms with van der Waals surface area (Å²) >= 11 is 1.61. The summed E-state index contributed by atoms with van der Waals surface area (Å²) in [6.07, 6.45) is 0. The molecule has 3 rings (SSSR count). The average Bonchev–Trinajstić information content (AvgIpc) is 3.11. The lowest BCUT2D eigenvalue weighted by molar-refractivity contribution is 0.324. The van der Waals surface area contributed by atoms with Crippen LogP contribution < -0.4 is 14.2 Å². The summed E-state index contributed by atoms with van der Waals surface area (Å²) in [6, 6.07) is 13.9. The number of hydrogen-bond donors (Lipinski definition) is 0. The van der Waals surface area contributed by atoms with E-state index in [1.165, 1.54) is 0 Å². The van der Waals surface area contributed by atoms with Gasteiger partial charge in [-0.2, -0.15) is 0 Å². The van der Waals surface area contributed by atoms with Crippen LogP contribution in [0.4, 0.5) is 0 Å². The summed E-state index contributed by atoms with van der Waals surface area (Å²) in [5.41, 5.74) is 2.92. The maximum Gasteiger partial charge on any atom is 0.203 e. The normalized spacial score (nSPS) is 10.4. The Balaban J connectivity index is 2.04. The molecule has 1 heterocycles. The third-order valence-corrected chi connectivity index (χ3v) is 4.38. The quantitative estimate of drug-likeness (QED) is 0.691. The van der Waals surface area contributed by atoms with Gasteiger partial charge in [0.2, 0.25) is 5.75 Å². The molecule has 1 aromatic heterocycles. The van der Waals surface area contributed by atoms with Crippen molar-refractivity contribution in [2.45, 2.75) is 0 Å². The van der Waals surface area contributed by atoms with Crippen molar-refractivity contribution in [2.24, 2.45) is 0 Å². The molecule has 0 bridgehead atoms. The molecule has 0 atom stereocenters. The Morgan fingerprint density at radius 1 is 0.826 bits per heavy atom. The first-order valence-electron chi connectivity index (χ1n) is 7.08. The number of ether oxygens (including phenoxy) is 3. The number of methoxy groups -OCH3 is 3. The second-order valence-electron chi connectivity index (χ2n) is 4.82. The topological polar surface area (TPSA) is 40.6 Å². The molecule has 0 unspecified atom stereocenters. The van der Waals surface area contributed by atoms with Crippen molar-refractivity contribution in [3.05, 3.63) is 47.8 Å². The van der Waals surface area contributed by atoms with Gasteiger partial charge in [-0.05, 0) is 12.1 Å². The van der Waals surface area contributed by atoms with Crippen molar-refractivity contribution in [2.75, 3.05) is 21.3 Å². The molecule has 0 saturated heterocycles. The summed E-state index contributed by atoms with van der Waals surface area (Å²) in [4.78, 5) is 4.72. The zero-order chi connectivity index (χ0) is 16.2. The van der Waals surface area contributed by atoms with Crippen LogP contribution in [0.25, 0.3) is 21.8 Å². The molecule has 0 aliphatic heterocycles. The number of aromatic nitrogens is 1. The smallest absolute Gasteiger partial charge is 0.203 e. The molecule has 0 amide bonds. The van der Waals surface area contributed by atoms with E-state index in [2.05, 4.69) is 12.1 Å². The van der Waals surface area contributed by atoms with Crippen LogP contribution in [-0.4, -0.2) is 26.3 Å². The van der Waals surface area contributed by atoms with Crippen LogP contribution in [0.1, 0.15) is 0 Å². The van der Waals surface area contributed by atoms with E-state index in [1.54, 1.807) is 32.7 Å². The van der Waals surface area contributed by atoms with Crippen LogP contribution in [0, 0.1) is 0 Å². The molecule has 5 heteroatoms. The van der Waals surface area contributed by atoms with E-state index in [4.69, 9.17) is 19.2 Å². The number of thiazole rings is 1. The Labute approximate surface area is 139 Å². The summed E-state index contributed by atoms with van der Waals surface area (Å²) in [5.74, 6) is 1.82. The van der Waals surface area contributed by atoms with Crippen LogP contribution in [0.2, 0.25) is 0 Å². The van der Waals surface area contributed by atoms with E-state index >= 15 is 0 Å². The highest BCUT2D eigenvalue weighted by Crippen LogP contribution is 2.41. The minimum Gasteiger partial charge on any atom is -0.493 e. The first kappa shape index (κ1) is 15.4. The maximum absolute atomic E-state index is 5.40. The molecular formula is C18H17NO3S. The summed E-state index contributed by atoms with van der Waals surface area (Å²) in [7, 11) is 4.81. The van der Waals surface area contributed by atoms with Crippen molar-refractivity contribution in [1.29, 1.82) is 0 Å².